The molecule has 2 aromatic rings. The Morgan fingerprint density at radius 2 is 2.30 bits per heavy atom. The number of hydrogen-bond donors (Lipinski definition) is 1. The van der Waals surface area contributed by atoms with Gasteiger partial charge in [-0.2, -0.15) is 0 Å². The lowest BCUT2D eigenvalue weighted by molar-refractivity contribution is 0.0939. The average molecular weight is 293 g/mol. The van der Waals surface area contributed by atoms with Crippen LogP contribution < -0.4 is 5.32 Å². The van der Waals surface area contributed by atoms with Crippen molar-refractivity contribution >= 4 is 17.5 Å². The molecule has 0 spiro atoms. The number of aromatic nitrogens is 1. The van der Waals surface area contributed by atoms with Gasteiger partial charge in [-0.15, -0.1) is 0 Å². The zero-order chi connectivity index (χ0) is 14.5. The number of amides is 1. The van der Waals surface area contributed by atoms with Crippen molar-refractivity contribution in [1.82, 2.24) is 10.3 Å². The molecule has 2 heterocycles. The maximum Gasteiger partial charge on any atom is 0.251 e. The second kappa shape index (κ2) is 6.57. The zero-order valence-corrected chi connectivity index (χ0v) is 12.3. The van der Waals surface area contributed by atoms with E-state index in [0.29, 0.717) is 17.1 Å². The van der Waals surface area contributed by atoms with Crippen molar-refractivity contribution in [1.29, 1.82) is 0 Å². The zero-order valence-electron chi connectivity index (χ0n) is 11.5. The lowest BCUT2D eigenvalue weighted by atomic mass is 10.1. The van der Waals surface area contributed by atoms with Crippen molar-refractivity contribution < 1.29 is 9.21 Å². The van der Waals surface area contributed by atoms with Gasteiger partial charge in [-0.25, -0.2) is 4.98 Å². The topological polar surface area (TPSA) is 55.1 Å². The summed E-state index contributed by atoms with van der Waals surface area (Å²) in [5.74, 6) is 0.697. The van der Waals surface area contributed by atoms with Crippen LogP contribution >= 0.6 is 11.6 Å². The fraction of sp³-hybridized carbons (Fsp3) is 0.333. The summed E-state index contributed by atoms with van der Waals surface area (Å²) in [6.07, 6.45) is 3.01. The first kappa shape index (κ1) is 14.6. The highest BCUT2D eigenvalue weighted by Crippen LogP contribution is 2.12. The molecule has 2 rings (SSSR count). The fourth-order valence-corrected chi connectivity index (χ4v) is 2.18. The number of hydrogen-bond acceptors (Lipinski definition) is 3. The normalized spacial score (nSPS) is 12.2. The number of halogens is 1. The van der Waals surface area contributed by atoms with E-state index < -0.39 is 0 Å². The third-order valence-corrected chi connectivity index (χ3v) is 3.13. The summed E-state index contributed by atoms with van der Waals surface area (Å²) in [7, 11) is 0. The van der Waals surface area contributed by atoms with Crippen molar-refractivity contribution in [2.75, 3.05) is 0 Å². The first-order valence-electron chi connectivity index (χ1n) is 6.58. The minimum atomic E-state index is -0.150. The number of carbonyl (C=O) groups excluding carboxylic acids is 1. The lowest BCUT2D eigenvalue weighted by Crippen LogP contribution is -2.34. The summed E-state index contributed by atoms with van der Waals surface area (Å²) in [6.45, 7) is 3.91. The average Bonchev–Trinajstić information content (AvgIpc) is 2.90. The maximum absolute atomic E-state index is 12.2. The third kappa shape index (κ3) is 3.84. The van der Waals surface area contributed by atoms with Gasteiger partial charge in [0.1, 0.15) is 10.9 Å². The molecule has 0 bridgehead atoms. The number of pyridine rings is 1. The minimum Gasteiger partial charge on any atom is -0.469 e. The van der Waals surface area contributed by atoms with E-state index >= 15 is 0 Å². The van der Waals surface area contributed by atoms with Crippen LogP contribution in [0.4, 0.5) is 0 Å². The van der Waals surface area contributed by atoms with Crippen LogP contribution in [0, 0.1) is 0 Å². The number of nitrogens with zero attached hydrogens (tertiary/aromatic N) is 1. The molecule has 0 aromatic carbocycles. The highest BCUT2D eigenvalue weighted by molar-refractivity contribution is 6.29. The van der Waals surface area contributed by atoms with E-state index in [-0.39, 0.29) is 11.9 Å². The van der Waals surface area contributed by atoms with Crippen LogP contribution in [0.15, 0.2) is 34.9 Å². The van der Waals surface area contributed by atoms with Crippen LogP contribution in [0.25, 0.3) is 0 Å². The molecule has 1 unspecified atom stereocenters. The molecule has 0 saturated carbocycles. The molecule has 20 heavy (non-hydrogen) atoms. The molecular formula is C15H17ClN2O2. The van der Waals surface area contributed by atoms with Crippen LogP contribution in [0.3, 0.4) is 0 Å². The number of nitrogens with one attached hydrogen (secondary N) is 1. The number of rotatable bonds is 5. The summed E-state index contributed by atoms with van der Waals surface area (Å²) in [5.41, 5.74) is 1.34. The predicted octanol–water partition coefficient (Wildman–Crippen LogP) is 3.25. The van der Waals surface area contributed by atoms with Gasteiger partial charge in [0.15, 0.2) is 0 Å². The van der Waals surface area contributed by atoms with Crippen LogP contribution in [-0.2, 0) is 12.8 Å². The van der Waals surface area contributed by atoms with E-state index in [0.717, 1.165) is 17.9 Å². The number of furan rings is 1. The summed E-state index contributed by atoms with van der Waals surface area (Å²) >= 11 is 5.92. The Bertz CT molecular complexity index is 582. The largest absolute Gasteiger partial charge is 0.469 e. The van der Waals surface area contributed by atoms with Crippen molar-refractivity contribution in [2.24, 2.45) is 0 Å². The van der Waals surface area contributed by atoms with Gasteiger partial charge in [-0.3, -0.25) is 4.79 Å². The van der Waals surface area contributed by atoms with Gasteiger partial charge in [0.05, 0.1) is 6.26 Å². The second-order valence-corrected chi connectivity index (χ2v) is 5.07. The molecule has 106 valence electrons. The molecule has 1 N–H and O–H groups in total. The van der Waals surface area contributed by atoms with E-state index in [1.54, 1.807) is 18.4 Å². The van der Waals surface area contributed by atoms with Crippen molar-refractivity contribution in [3.63, 3.8) is 0 Å². The second-order valence-electron chi connectivity index (χ2n) is 4.68. The van der Waals surface area contributed by atoms with Gasteiger partial charge in [0.25, 0.3) is 5.91 Å². The summed E-state index contributed by atoms with van der Waals surface area (Å²) in [5, 5.41) is 3.27. The Morgan fingerprint density at radius 3 is 2.95 bits per heavy atom. The number of aryl methyl sites for hydroxylation is 1. The molecule has 1 atom stereocenters. The van der Waals surface area contributed by atoms with Gasteiger partial charge >= 0.3 is 0 Å². The van der Waals surface area contributed by atoms with Gasteiger partial charge in [-0.1, -0.05) is 18.5 Å². The summed E-state index contributed by atoms with van der Waals surface area (Å²) in [6, 6.07) is 7.04. The Kier molecular flexibility index (Phi) is 4.79. The SMILES string of the molecule is CCc1cc(C(=O)NC(C)Cc2ccco2)cc(Cl)n1. The minimum absolute atomic E-state index is 0.0225. The third-order valence-electron chi connectivity index (χ3n) is 2.94. The van der Waals surface area contributed by atoms with E-state index in [2.05, 4.69) is 10.3 Å². The maximum atomic E-state index is 12.2. The van der Waals surface area contributed by atoms with Gasteiger partial charge in [0, 0.05) is 23.7 Å². The number of carbonyl (C=O) groups is 1. The van der Waals surface area contributed by atoms with Crippen LogP contribution in [-0.4, -0.2) is 16.9 Å². The molecular weight excluding hydrogens is 276 g/mol. The smallest absolute Gasteiger partial charge is 0.251 e. The highest BCUT2D eigenvalue weighted by atomic mass is 35.5. The monoisotopic (exact) mass is 292 g/mol. The fourth-order valence-electron chi connectivity index (χ4n) is 1.95. The van der Waals surface area contributed by atoms with Gasteiger partial charge in [-0.05, 0) is 37.6 Å². The first-order chi connectivity index (χ1) is 9.58. The molecule has 0 aliphatic rings. The highest BCUT2D eigenvalue weighted by Gasteiger charge is 2.13. The summed E-state index contributed by atoms with van der Waals surface area (Å²) in [4.78, 5) is 16.3. The molecule has 0 aliphatic heterocycles. The van der Waals surface area contributed by atoms with Crippen LogP contribution in [0.1, 0.15) is 35.7 Å². The molecule has 0 saturated heterocycles. The quantitative estimate of drug-likeness (QED) is 0.861. The Balaban J connectivity index is 2.02. The molecule has 5 heteroatoms. The molecule has 0 radical (unpaired) electrons. The first-order valence-corrected chi connectivity index (χ1v) is 6.96. The molecule has 4 nitrogen and oxygen atoms in total. The van der Waals surface area contributed by atoms with Gasteiger partial charge in [0.2, 0.25) is 0 Å². The van der Waals surface area contributed by atoms with E-state index in [1.807, 2.05) is 26.0 Å². The van der Waals surface area contributed by atoms with Crippen molar-refractivity contribution in [3.8, 4) is 0 Å². The summed E-state index contributed by atoms with van der Waals surface area (Å²) < 4.78 is 5.26. The molecule has 2 aromatic heterocycles. The molecule has 1 amide bonds. The Labute approximate surface area is 123 Å². The Morgan fingerprint density at radius 1 is 1.50 bits per heavy atom. The van der Waals surface area contributed by atoms with Crippen LogP contribution in [0.5, 0.6) is 0 Å². The predicted molar refractivity (Wildman–Crippen MR) is 78.0 cm³/mol. The van der Waals surface area contributed by atoms with Crippen molar-refractivity contribution in [3.05, 3.63) is 52.7 Å². The standard InChI is InChI=1S/C15H17ClN2O2/c1-3-12-8-11(9-14(16)18-12)15(19)17-10(2)7-13-5-4-6-20-13/h4-6,8-10H,3,7H2,1-2H3,(H,17,19). The van der Waals surface area contributed by atoms with Crippen LogP contribution in [0.2, 0.25) is 5.15 Å². The van der Waals surface area contributed by atoms with E-state index in [4.69, 9.17) is 16.0 Å². The molecule has 0 fully saturated rings. The molecule has 0 aliphatic carbocycles. The Hall–Kier alpha value is -1.81. The van der Waals surface area contributed by atoms with E-state index in [1.165, 1.54) is 0 Å². The lowest BCUT2D eigenvalue weighted by Gasteiger charge is -2.13. The van der Waals surface area contributed by atoms with E-state index in [9.17, 15) is 4.79 Å². The van der Waals surface area contributed by atoms with Gasteiger partial charge < -0.3 is 9.73 Å². The van der Waals surface area contributed by atoms with Crippen molar-refractivity contribution in [2.45, 2.75) is 32.7 Å².